The molecule has 1 fully saturated rings. The van der Waals surface area contributed by atoms with Gasteiger partial charge in [-0.05, 0) is 13.0 Å². The van der Waals surface area contributed by atoms with E-state index in [0.29, 0.717) is 12.3 Å². The van der Waals surface area contributed by atoms with Gasteiger partial charge in [-0.2, -0.15) is 0 Å². The number of aryl methyl sites for hydroxylation is 1. The molecule has 76 valence electrons. The van der Waals surface area contributed by atoms with Gasteiger partial charge < -0.3 is 4.57 Å². The summed E-state index contributed by atoms with van der Waals surface area (Å²) in [4.78, 5) is 13.3. The molecular formula is C9H14N4O. The lowest BCUT2D eigenvalue weighted by Crippen LogP contribution is -2.35. The van der Waals surface area contributed by atoms with E-state index in [1.54, 1.807) is 6.33 Å². The summed E-state index contributed by atoms with van der Waals surface area (Å²) in [5.41, 5.74) is 0. The normalized spacial score (nSPS) is 18.8. The lowest BCUT2D eigenvalue weighted by Gasteiger charge is -2.24. The number of Topliss-reactive ketones (excluding diaryl/α,β-unsaturated/α-hetero) is 1. The third-order valence-corrected chi connectivity index (χ3v) is 2.50. The third-order valence-electron chi connectivity index (χ3n) is 2.50. The molecule has 2 rings (SSSR count). The molecule has 0 atom stereocenters. The van der Waals surface area contributed by atoms with E-state index >= 15 is 0 Å². The number of likely N-dealkylation sites (tertiary alicyclic amines) is 1. The second-order valence-corrected chi connectivity index (χ2v) is 3.71. The summed E-state index contributed by atoms with van der Waals surface area (Å²) in [6.07, 6.45) is 3.38. The average molecular weight is 194 g/mol. The third kappa shape index (κ3) is 1.98. The van der Waals surface area contributed by atoms with Gasteiger partial charge in [0.1, 0.15) is 17.9 Å². The van der Waals surface area contributed by atoms with Crippen molar-refractivity contribution in [1.29, 1.82) is 0 Å². The Kier molecular flexibility index (Phi) is 2.58. The molecule has 5 heteroatoms. The molecule has 0 aliphatic carbocycles. The molecular weight excluding hydrogens is 180 g/mol. The summed E-state index contributed by atoms with van der Waals surface area (Å²) in [5.74, 6) is 1.25. The van der Waals surface area contributed by atoms with Crippen molar-refractivity contribution in [2.45, 2.75) is 19.4 Å². The van der Waals surface area contributed by atoms with Gasteiger partial charge in [0.05, 0.1) is 13.1 Å². The molecule has 14 heavy (non-hydrogen) atoms. The first-order valence-corrected chi connectivity index (χ1v) is 4.82. The van der Waals surface area contributed by atoms with Gasteiger partial charge in [0.2, 0.25) is 0 Å². The van der Waals surface area contributed by atoms with Gasteiger partial charge in [-0.3, -0.25) is 9.69 Å². The van der Waals surface area contributed by atoms with Crippen LogP contribution in [0.25, 0.3) is 0 Å². The van der Waals surface area contributed by atoms with Gasteiger partial charge in [0.15, 0.2) is 0 Å². The van der Waals surface area contributed by atoms with Crippen LogP contribution in [0.4, 0.5) is 0 Å². The van der Waals surface area contributed by atoms with Crippen LogP contribution in [0.15, 0.2) is 6.33 Å². The van der Waals surface area contributed by atoms with Crippen molar-refractivity contribution >= 4 is 5.78 Å². The van der Waals surface area contributed by atoms with E-state index in [4.69, 9.17) is 0 Å². The fourth-order valence-electron chi connectivity index (χ4n) is 1.69. The summed E-state index contributed by atoms with van der Waals surface area (Å²) in [6, 6.07) is 0. The van der Waals surface area contributed by atoms with Crippen molar-refractivity contribution < 1.29 is 4.79 Å². The molecule has 5 nitrogen and oxygen atoms in total. The summed E-state index contributed by atoms with van der Waals surface area (Å²) in [6.45, 7) is 2.27. The van der Waals surface area contributed by atoms with Crippen LogP contribution in [-0.4, -0.2) is 38.5 Å². The van der Waals surface area contributed by atoms with E-state index < -0.39 is 0 Å². The van der Waals surface area contributed by atoms with Gasteiger partial charge >= 0.3 is 0 Å². The number of piperidine rings is 1. The molecule has 0 saturated carbocycles. The number of carbonyl (C=O) groups excluding carboxylic acids is 1. The van der Waals surface area contributed by atoms with Gasteiger partial charge in [-0.1, -0.05) is 0 Å². The standard InChI is InChI=1S/C9H14N4O/c1-12-7-10-11-9(12)6-13-4-2-3-8(14)5-13/h7H,2-6H2,1H3. The fraction of sp³-hybridized carbons (Fsp3) is 0.667. The summed E-state index contributed by atoms with van der Waals surface area (Å²) >= 11 is 0. The Hall–Kier alpha value is -1.23. The topological polar surface area (TPSA) is 51.0 Å². The first-order chi connectivity index (χ1) is 6.75. The monoisotopic (exact) mass is 194 g/mol. The number of nitrogens with zero attached hydrogens (tertiary/aromatic N) is 4. The molecule has 0 spiro atoms. The number of hydrogen-bond acceptors (Lipinski definition) is 4. The van der Waals surface area contributed by atoms with Crippen LogP contribution in [0.2, 0.25) is 0 Å². The van der Waals surface area contributed by atoms with Gasteiger partial charge in [0, 0.05) is 13.5 Å². The number of rotatable bonds is 2. The van der Waals surface area contributed by atoms with E-state index in [1.165, 1.54) is 0 Å². The summed E-state index contributed by atoms with van der Waals surface area (Å²) < 4.78 is 1.89. The largest absolute Gasteiger partial charge is 0.320 e. The van der Waals surface area contributed by atoms with Gasteiger partial charge in [0.25, 0.3) is 0 Å². The zero-order valence-electron chi connectivity index (χ0n) is 8.31. The molecule has 1 aliphatic heterocycles. The molecule has 2 heterocycles. The SMILES string of the molecule is Cn1cnnc1CN1CCCC(=O)C1. The number of aromatic nitrogens is 3. The highest BCUT2D eigenvalue weighted by atomic mass is 16.1. The van der Waals surface area contributed by atoms with Crippen LogP contribution < -0.4 is 0 Å². The van der Waals surface area contributed by atoms with Crippen molar-refractivity contribution in [2.24, 2.45) is 7.05 Å². The van der Waals surface area contributed by atoms with E-state index in [9.17, 15) is 4.79 Å². The Bertz CT molecular complexity index is 333. The molecule has 1 saturated heterocycles. The van der Waals surface area contributed by atoms with Gasteiger partial charge in [-0.15, -0.1) is 10.2 Å². The Morgan fingerprint density at radius 1 is 1.57 bits per heavy atom. The second kappa shape index (κ2) is 3.88. The maximum absolute atomic E-state index is 11.2. The quantitative estimate of drug-likeness (QED) is 0.664. The molecule has 0 amide bonds. The lowest BCUT2D eigenvalue weighted by molar-refractivity contribution is -0.122. The van der Waals surface area contributed by atoms with Crippen molar-refractivity contribution in [2.75, 3.05) is 13.1 Å². The lowest BCUT2D eigenvalue weighted by atomic mass is 10.1. The molecule has 0 unspecified atom stereocenters. The van der Waals surface area contributed by atoms with Crippen molar-refractivity contribution in [1.82, 2.24) is 19.7 Å². The van der Waals surface area contributed by atoms with Crippen LogP contribution in [0.3, 0.4) is 0 Å². The summed E-state index contributed by atoms with van der Waals surface area (Å²) in [7, 11) is 1.92. The maximum Gasteiger partial charge on any atom is 0.146 e. The minimum atomic E-state index is 0.332. The second-order valence-electron chi connectivity index (χ2n) is 3.71. The molecule has 1 aromatic rings. The first-order valence-electron chi connectivity index (χ1n) is 4.82. The number of ketones is 1. The van der Waals surface area contributed by atoms with E-state index in [1.807, 2.05) is 11.6 Å². The highest BCUT2D eigenvalue weighted by Gasteiger charge is 2.18. The van der Waals surface area contributed by atoms with Crippen LogP contribution in [0.1, 0.15) is 18.7 Å². The molecule has 1 aromatic heterocycles. The van der Waals surface area contributed by atoms with Crippen molar-refractivity contribution in [3.8, 4) is 0 Å². The first kappa shape index (κ1) is 9.33. The highest BCUT2D eigenvalue weighted by molar-refractivity contribution is 5.81. The van der Waals surface area contributed by atoms with Crippen LogP contribution in [0, 0.1) is 0 Å². The van der Waals surface area contributed by atoms with Crippen LogP contribution >= 0.6 is 0 Å². The van der Waals surface area contributed by atoms with Gasteiger partial charge in [-0.25, -0.2) is 0 Å². The Morgan fingerprint density at radius 2 is 2.43 bits per heavy atom. The number of carbonyl (C=O) groups is 1. The van der Waals surface area contributed by atoms with Crippen LogP contribution in [-0.2, 0) is 18.4 Å². The molecule has 0 radical (unpaired) electrons. The highest BCUT2D eigenvalue weighted by Crippen LogP contribution is 2.08. The maximum atomic E-state index is 11.2. The van der Waals surface area contributed by atoms with E-state index in [0.717, 1.165) is 31.8 Å². The number of hydrogen-bond donors (Lipinski definition) is 0. The average Bonchev–Trinajstić information content (AvgIpc) is 2.52. The Balaban J connectivity index is 1.97. The molecule has 0 bridgehead atoms. The molecule has 0 N–H and O–H groups in total. The predicted octanol–water partition coefficient (Wildman–Crippen LogP) is -0.0200. The minimum absolute atomic E-state index is 0.332. The fourth-order valence-corrected chi connectivity index (χ4v) is 1.69. The van der Waals surface area contributed by atoms with Crippen molar-refractivity contribution in [3.05, 3.63) is 12.2 Å². The Morgan fingerprint density at radius 3 is 3.07 bits per heavy atom. The van der Waals surface area contributed by atoms with E-state index in [-0.39, 0.29) is 0 Å². The zero-order valence-corrected chi connectivity index (χ0v) is 8.31. The molecule has 1 aliphatic rings. The van der Waals surface area contributed by atoms with Crippen molar-refractivity contribution in [3.63, 3.8) is 0 Å². The predicted molar refractivity (Wildman–Crippen MR) is 50.5 cm³/mol. The minimum Gasteiger partial charge on any atom is -0.320 e. The van der Waals surface area contributed by atoms with Crippen LogP contribution in [0.5, 0.6) is 0 Å². The molecule has 0 aromatic carbocycles. The smallest absolute Gasteiger partial charge is 0.146 e. The summed E-state index contributed by atoms with van der Waals surface area (Å²) in [5, 5.41) is 7.80. The Labute approximate surface area is 82.7 Å². The van der Waals surface area contributed by atoms with E-state index in [2.05, 4.69) is 15.1 Å². The zero-order chi connectivity index (χ0) is 9.97.